The molecule has 0 aromatic rings. The summed E-state index contributed by atoms with van der Waals surface area (Å²) >= 11 is 0. The van der Waals surface area contributed by atoms with E-state index in [1.807, 2.05) is 16.8 Å². The number of nitrogens with zero attached hydrogens (tertiary/aromatic N) is 2. The van der Waals surface area contributed by atoms with Crippen LogP contribution in [-0.2, 0) is 14.3 Å². The smallest absolute Gasteiger partial charge is 0.227 e. The maximum absolute atomic E-state index is 12.5. The third-order valence-electron chi connectivity index (χ3n) is 4.03. The minimum absolute atomic E-state index is 0.0274. The molecular weight excluding hydrogens is 258 g/mol. The van der Waals surface area contributed by atoms with Gasteiger partial charge in [0.2, 0.25) is 11.8 Å². The highest BCUT2D eigenvalue weighted by atomic mass is 16.5. The Kier molecular flexibility index (Phi) is 5.79. The molecule has 0 aromatic carbocycles. The van der Waals surface area contributed by atoms with Crippen molar-refractivity contribution in [1.29, 1.82) is 0 Å². The zero-order chi connectivity index (χ0) is 14.4. The fraction of sp³-hybridized carbons (Fsp3) is 0.857. The first-order valence-electron chi connectivity index (χ1n) is 7.51. The first kappa shape index (κ1) is 15.3. The van der Waals surface area contributed by atoms with Crippen LogP contribution in [0, 0.1) is 5.92 Å². The van der Waals surface area contributed by atoms with Crippen LogP contribution in [0.4, 0.5) is 0 Å². The minimum Gasteiger partial charge on any atom is -0.378 e. The van der Waals surface area contributed by atoms with Crippen LogP contribution in [0.5, 0.6) is 0 Å². The largest absolute Gasteiger partial charge is 0.378 e. The molecule has 2 fully saturated rings. The van der Waals surface area contributed by atoms with Crippen molar-refractivity contribution >= 4 is 11.8 Å². The zero-order valence-corrected chi connectivity index (χ0v) is 12.3. The van der Waals surface area contributed by atoms with Gasteiger partial charge in [-0.3, -0.25) is 9.59 Å². The van der Waals surface area contributed by atoms with Gasteiger partial charge in [-0.05, 0) is 19.9 Å². The summed E-state index contributed by atoms with van der Waals surface area (Å²) in [7, 11) is 1.84. The molecule has 6 nitrogen and oxygen atoms in total. The lowest BCUT2D eigenvalue weighted by Gasteiger charge is -2.36. The highest BCUT2D eigenvalue weighted by molar-refractivity contribution is 5.81. The van der Waals surface area contributed by atoms with Gasteiger partial charge in [0, 0.05) is 39.1 Å². The molecule has 6 heteroatoms. The number of likely N-dealkylation sites (tertiary alicyclic amines) is 1. The van der Waals surface area contributed by atoms with Crippen molar-refractivity contribution < 1.29 is 14.3 Å². The maximum atomic E-state index is 12.5. The summed E-state index contributed by atoms with van der Waals surface area (Å²) in [5.74, 6) is 0.318. The lowest BCUT2D eigenvalue weighted by Crippen LogP contribution is -2.49. The summed E-state index contributed by atoms with van der Waals surface area (Å²) < 4.78 is 5.28. The van der Waals surface area contributed by atoms with E-state index in [2.05, 4.69) is 5.32 Å². The summed E-state index contributed by atoms with van der Waals surface area (Å²) in [6, 6.07) is 0. The standard InChI is InChI=1S/C14H25N3O3/c1-15-5-4-13(18)17-6-2-3-12(11-17)14(19)16-7-9-20-10-8-16/h12,15H,2-11H2,1H3. The Bertz CT molecular complexity index is 343. The normalized spacial score (nSPS) is 23.8. The SMILES string of the molecule is CNCCC(=O)N1CCCC(C(=O)N2CCOCC2)C1. The lowest BCUT2D eigenvalue weighted by molar-refractivity contribution is -0.143. The summed E-state index contributed by atoms with van der Waals surface area (Å²) in [5.41, 5.74) is 0. The van der Waals surface area contributed by atoms with Gasteiger partial charge < -0.3 is 19.9 Å². The van der Waals surface area contributed by atoms with E-state index in [9.17, 15) is 9.59 Å². The van der Waals surface area contributed by atoms with Gasteiger partial charge in [-0.25, -0.2) is 0 Å². The van der Waals surface area contributed by atoms with Gasteiger partial charge in [0.15, 0.2) is 0 Å². The number of amides is 2. The van der Waals surface area contributed by atoms with E-state index < -0.39 is 0 Å². The zero-order valence-electron chi connectivity index (χ0n) is 12.3. The topological polar surface area (TPSA) is 61.9 Å². The minimum atomic E-state index is -0.0274. The average molecular weight is 283 g/mol. The Morgan fingerprint density at radius 3 is 2.65 bits per heavy atom. The molecule has 20 heavy (non-hydrogen) atoms. The number of carbonyl (C=O) groups is 2. The first-order valence-corrected chi connectivity index (χ1v) is 7.51. The molecule has 114 valence electrons. The van der Waals surface area contributed by atoms with E-state index in [-0.39, 0.29) is 17.7 Å². The quantitative estimate of drug-likeness (QED) is 0.769. The predicted octanol–water partition coefficient (Wildman–Crippen LogP) is -0.307. The van der Waals surface area contributed by atoms with Gasteiger partial charge in [0.05, 0.1) is 19.1 Å². The van der Waals surface area contributed by atoms with Crippen LogP contribution >= 0.6 is 0 Å². The average Bonchev–Trinajstić information content (AvgIpc) is 2.52. The van der Waals surface area contributed by atoms with Crippen molar-refractivity contribution in [2.45, 2.75) is 19.3 Å². The molecule has 1 unspecified atom stereocenters. The molecule has 0 radical (unpaired) electrons. The van der Waals surface area contributed by atoms with E-state index in [0.717, 1.165) is 19.4 Å². The molecule has 0 spiro atoms. The molecule has 2 heterocycles. The van der Waals surface area contributed by atoms with E-state index in [4.69, 9.17) is 4.74 Å². The molecule has 1 N–H and O–H groups in total. The number of nitrogens with one attached hydrogen (secondary N) is 1. The molecular formula is C14H25N3O3. The second-order valence-corrected chi connectivity index (χ2v) is 5.47. The first-order chi connectivity index (χ1) is 9.72. The van der Waals surface area contributed by atoms with E-state index in [1.165, 1.54) is 0 Å². The van der Waals surface area contributed by atoms with Crippen LogP contribution in [-0.4, -0.2) is 74.6 Å². The van der Waals surface area contributed by atoms with Crippen molar-refractivity contribution in [1.82, 2.24) is 15.1 Å². The molecule has 2 aliphatic rings. The Morgan fingerprint density at radius 1 is 1.20 bits per heavy atom. The summed E-state index contributed by atoms with van der Waals surface area (Å²) in [5, 5.41) is 2.99. The van der Waals surface area contributed by atoms with Crippen molar-refractivity contribution in [2.75, 3.05) is 53.0 Å². The fourth-order valence-corrected chi connectivity index (χ4v) is 2.84. The van der Waals surface area contributed by atoms with Crippen molar-refractivity contribution in [2.24, 2.45) is 5.92 Å². The second-order valence-electron chi connectivity index (χ2n) is 5.47. The van der Waals surface area contributed by atoms with Crippen LogP contribution in [0.3, 0.4) is 0 Å². The summed E-state index contributed by atoms with van der Waals surface area (Å²) in [6.07, 6.45) is 2.33. The van der Waals surface area contributed by atoms with E-state index in [0.29, 0.717) is 45.8 Å². The molecule has 2 rings (SSSR count). The Morgan fingerprint density at radius 2 is 1.95 bits per heavy atom. The predicted molar refractivity (Wildman–Crippen MR) is 75.2 cm³/mol. The molecule has 2 saturated heterocycles. The highest BCUT2D eigenvalue weighted by Gasteiger charge is 2.31. The van der Waals surface area contributed by atoms with Gasteiger partial charge >= 0.3 is 0 Å². The van der Waals surface area contributed by atoms with Crippen LogP contribution in [0.1, 0.15) is 19.3 Å². The Labute approximate surface area is 120 Å². The Balaban J connectivity index is 1.85. The van der Waals surface area contributed by atoms with Crippen LogP contribution in [0.15, 0.2) is 0 Å². The molecule has 0 aliphatic carbocycles. The lowest BCUT2D eigenvalue weighted by atomic mass is 9.96. The van der Waals surface area contributed by atoms with Crippen LogP contribution in [0.25, 0.3) is 0 Å². The van der Waals surface area contributed by atoms with Gasteiger partial charge in [0.25, 0.3) is 0 Å². The maximum Gasteiger partial charge on any atom is 0.227 e. The van der Waals surface area contributed by atoms with Gasteiger partial charge in [0.1, 0.15) is 0 Å². The second kappa shape index (κ2) is 7.59. The molecule has 0 saturated carbocycles. The third kappa shape index (κ3) is 3.93. The summed E-state index contributed by atoms with van der Waals surface area (Å²) in [6.45, 7) is 4.68. The van der Waals surface area contributed by atoms with Crippen molar-refractivity contribution in [3.8, 4) is 0 Å². The van der Waals surface area contributed by atoms with Gasteiger partial charge in [-0.15, -0.1) is 0 Å². The van der Waals surface area contributed by atoms with E-state index >= 15 is 0 Å². The van der Waals surface area contributed by atoms with Crippen LogP contribution < -0.4 is 5.32 Å². The number of piperidine rings is 1. The van der Waals surface area contributed by atoms with Crippen LogP contribution in [0.2, 0.25) is 0 Å². The number of hydrogen-bond donors (Lipinski definition) is 1. The number of carbonyl (C=O) groups excluding carboxylic acids is 2. The number of morpholine rings is 1. The molecule has 2 aliphatic heterocycles. The number of rotatable bonds is 4. The molecule has 1 atom stereocenters. The summed E-state index contributed by atoms with van der Waals surface area (Å²) in [4.78, 5) is 28.2. The monoisotopic (exact) mass is 283 g/mol. The highest BCUT2D eigenvalue weighted by Crippen LogP contribution is 2.20. The van der Waals surface area contributed by atoms with Gasteiger partial charge in [-0.2, -0.15) is 0 Å². The number of hydrogen-bond acceptors (Lipinski definition) is 4. The Hall–Kier alpha value is -1.14. The van der Waals surface area contributed by atoms with E-state index in [1.54, 1.807) is 0 Å². The molecule has 0 aromatic heterocycles. The van der Waals surface area contributed by atoms with Gasteiger partial charge in [-0.1, -0.05) is 0 Å². The molecule has 0 bridgehead atoms. The number of ether oxygens (including phenoxy) is 1. The van der Waals surface area contributed by atoms with Crippen molar-refractivity contribution in [3.05, 3.63) is 0 Å². The van der Waals surface area contributed by atoms with Crippen molar-refractivity contribution in [3.63, 3.8) is 0 Å². The third-order valence-corrected chi connectivity index (χ3v) is 4.03. The fourth-order valence-electron chi connectivity index (χ4n) is 2.84. The molecule has 2 amide bonds.